The number of benzene rings is 1. The molecule has 1 N–H and O–H groups in total. The second-order valence-electron chi connectivity index (χ2n) is 5.19. The highest BCUT2D eigenvalue weighted by atomic mass is 16.5. The predicted octanol–water partition coefficient (Wildman–Crippen LogP) is 3.64. The Labute approximate surface area is 111 Å². The van der Waals surface area contributed by atoms with E-state index in [-0.39, 0.29) is 0 Å². The summed E-state index contributed by atoms with van der Waals surface area (Å²) in [6.07, 6.45) is 5.19. The fourth-order valence-electron chi connectivity index (χ4n) is 2.61. The standard InChI is InChI=1S/C16H25NO/c1-3-17-16(11-12-18-2)15-9-7-14(8-10-15)13-5-4-6-13/h7-10,13,16-17H,3-6,11-12H2,1-2H3. The summed E-state index contributed by atoms with van der Waals surface area (Å²) in [6.45, 7) is 3.96. The highest BCUT2D eigenvalue weighted by molar-refractivity contribution is 5.28. The van der Waals surface area contributed by atoms with E-state index in [1.165, 1.54) is 30.4 Å². The summed E-state index contributed by atoms with van der Waals surface area (Å²) in [5, 5.41) is 3.53. The van der Waals surface area contributed by atoms with E-state index < -0.39 is 0 Å². The Hall–Kier alpha value is -0.860. The van der Waals surface area contributed by atoms with E-state index in [1.54, 1.807) is 7.11 Å². The van der Waals surface area contributed by atoms with Crippen molar-refractivity contribution in [1.29, 1.82) is 0 Å². The third kappa shape index (κ3) is 3.33. The zero-order chi connectivity index (χ0) is 12.8. The lowest BCUT2D eigenvalue weighted by molar-refractivity contribution is 0.183. The molecule has 1 aromatic rings. The second-order valence-corrected chi connectivity index (χ2v) is 5.19. The van der Waals surface area contributed by atoms with Crippen LogP contribution in [0.3, 0.4) is 0 Å². The van der Waals surface area contributed by atoms with Crippen LogP contribution in [0.25, 0.3) is 0 Å². The lowest BCUT2D eigenvalue weighted by atomic mass is 9.80. The third-order valence-corrected chi connectivity index (χ3v) is 3.98. The molecular formula is C16H25NO. The number of ether oxygens (including phenoxy) is 1. The van der Waals surface area contributed by atoms with Crippen molar-refractivity contribution >= 4 is 0 Å². The monoisotopic (exact) mass is 247 g/mol. The van der Waals surface area contributed by atoms with Gasteiger partial charge in [0.05, 0.1) is 0 Å². The van der Waals surface area contributed by atoms with Gasteiger partial charge in [-0.15, -0.1) is 0 Å². The summed E-state index contributed by atoms with van der Waals surface area (Å²) in [4.78, 5) is 0. The molecule has 100 valence electrons. The molecule has 0 radical (unpaired) electrons. The molecule has 0 bridgehead atoms. The molecule has 0 aromatic heterocycles. The Morgan fingerprint density at radius 3 is 2.50 bits per heavy atom. The molecule has 18 heavy (non-hydrogen) atoms. The van der Waals surface area contributed by atoms with Gasteiger partial charge in [0.25, 0.3) is 0 Å². The molecule has 2 heteroatoms. The molecule has 0 spiro atoms. The molecular weight excluding hydrogens is 222 g/mol. The molecule has 0 saturated heterocycles. The van der Waals surface area contributed by atoms with Gasteiger partial charge < -0.3 is 10.1 Å². The third-order valence-electron chi connectivity index (χ3n) is 3.98. The average Bonchev–Trinajstić information content (AvgIpc) is 2.33. The summed E-state index contributed by atoms with van der Waals surface area (Å²) in [7, 11) is 1.77. The Morgan fingerprint density at radius 2 is 2.00 bits per heavy atom. The average molecular weight is 247 g/mol. The van der Waals surface area contributed by atoms with E-state index in [0.717, 1.165) is 25.5 Å². The highest BCUT2D eigenvalue weighted by Gasteiger charge is 2.19. The molecule has 1 unspecified atom stereocenters. The van der Waals surface area contributed by atoms with Gasteiger partial charge >= 0.3 is 0 Å². The minimum atomic E-state index is 0.422. The zero-order valence-corrected chi connectivity index (χ0v) is 11.6. The van der Waals surface area contributed by atoms with Crippen molar-refractivity contribution in [2.24, 2.45) is 0 Å². The van der Waals surface area contributed by atoms with Crippen molar-refractivity contribution in [3.8, 4) is 0 Å². The lowest BCUT2D eigenvalue weighted by Gasteiger charge is -2.26. The van der Waals surface area contributed by atoms with E-state index in [0.29, 0.717) is 6.04 Å². The van der Waals surface area contributed by atoms with Crippen LogP contribution in [0, 0.1) is 0 Å². The molecule has 0 aliphatic heterocycles. The Morgan fingerprint density at radius 1 is 1.28 bits per heavy atom. The molecule has 0 heterocycles. The smallest absolute Gasteiger partial charge is 0.0480 e. The van der Waals surface area contributed by atoms with Gasteiger partial charge in [0.15, 0.2) is 0 Å². The van der Waals surface area contributed by atoms with Gasteiger partial charge in [-0.05, 0) is 42.9 Å². The predicted molar refractivity (Wildman–Crippen MR) is 75.9 cm³/mol. The van der Waals surface area contributed by atoms with Crippen molar-refractivity contribution in [3.05, 3.63) is 35.4 Å². The van der Waals surface area contributed by atoms with E-state index in [2.05, 4.69) is 36.5 Å². The van der Waals surface area contributed by atoms with Crippen LogP contribution in [0.2, 0.25) is 0 Å². The maximum Gasteiger partial charge on any atom is 0.0480 e. The molecule has 2 nitrogen and oxygen atoms in total. The minimum absolute atomic E-state index is 0.422. The largest absolute Gasteiger partial charge is 0.385 e. The van der Waals surface area contributed by atoms with Crippen LogP contribution in [-0.2, 0) is 4.74 Å². The topological polar surface area (TPSA) is 21.3 Å². The maximum atomic E-state index is 5.19. The quantitative estimate of drug-likeness (QED) is 0.794. The fourth-order valence-corrected chi connectivity index (χ4v) is 2.61. The molecule has 1 aliphatic carbocycles. The van der Waals surface area contributed by atoms with Crippen LogP contribution in [0.4, 0.5) is 0 Å². The number of methoxy groups -OCH3 is 1. The number of hydrogen-bond donors (Lipinski definition) is 1. The molecule has 1 aliphatic rings. The van der Waals surface area contributed by atoms with Crippen molar-refractivity contribution in [2.75, 3.05) is 20.3 Å². The Kier molecular flexibility index (Phi) is 5.21. The second kappa shape index (κ2) is 6.91. The van der Waals surface area contributed by atoms with Crippen molar-refractivity contribution in [3.63, 3.8) is 0 Å². The van der Waals surface area contributed by atoms with Crippen LogP contribution >= 0.6 is 0 Å². The minimum Gasteiger partial charge on any atom is -0.385 e. The molecule has 1 aromatic carbocycles. The Balaban J connectivity index is 1.99. The van der Waals surface area contributed by atoms with Crippen molar-refractivity contribution in [2.45, 2.75) is 44.6 Å². The zero-order valence-electron chi connectivity index (χ0n) is 11.6. The van der Waals surface area contributed by atoms with E-state index in [1.807, 2.05) is 0 Å². The summed E-state index contributed by atoms with van der Waals surface area (Å²) in [5.74, 6) is 0.829. The molecule has 1 atom stereocenters. The van der Waals surface area contributed by atoms with Crippen molar-refractivity contribution in [1.82, 2.24) is 5.32 Å². The van der Waals surface area contributed by atoms with Gasteiger partial charge in [0.1, 0.15) is 0 Å². The Bertz CT molecular complexity index is 343. The van der Waals surface area contributed by atoms with Crippen LogP contribution in [-0.4, -0.2) is 20.3 Å². The summed E-state index contributed by atoms with van der Waals surface area (Å²) in [6, 6.07) is 9.63. The van der Waals surface area contributed by atoms with E-state index in [4.69, 9.17) is 4.74 Å². The number of nitrogens with one attached hydrogen (secondary N) is 1. The van der Waals surface area contributed by atoms with Crippen LogP contribution < -0.4 is 5.32 Å². The fraction of sp³-hybridized carbons (Fsp3) is 0.625. The first-order valence-corrected chi connectivity index (χ1v) is 7.17. The number of hydrogen-bond acceptors (Lipinski definition) is 2. The summed E-state index contributed by atoms with van der Waals surface area (Å²) in [5.41, 5.74) is 2.91. The van der Waals surface area contributed by atoms with Crippen LogP contribution in [0.15, 0.2) is 24.3 Å². The normalized spacial score (nSPS) is 17.4. The summed E-state index contributed by atoms with van der Waals surface area (Å²) < 4.78 is 5.19. The summed E-state index contributed by atoms with van der Waals surface area (Å²) >= 11 is 0. The van der Waals surface area contributed by atoms with Gasteiger partial charge in [-0.2, -0.15) is 0 Å². The van der Waals surface area contributed by atoms with Gasteiger partial charge in [0, 0.05) is 19.8 Å². The molecule has 0 amide bonds. The van der Waals surface area contributed by atoms with Crippen LogP contribution in [0.1, 0.15) is 55.7 Å². The maximum absolute atomic E-state index is 5.19. The van der Waals surface area contributed by atoms with Gasteiger partial charge in [-0.1, -0.05) is 37.6 Å². The van der Waals surface area contributed by atoms with Crippen molar-refractivity contribution < 1.29 is 4.74 Å². The molecule has 1 saturated carbocycles. The molecule has 2 rings (SSSR count). The van der Waals surface area contributed by atoms with Gasteiger partial charge in [0.2, 0.25) is 0 Å². The van der Waals surface area contributed by atoms with Gasteiger partial charge in [-0.3, -0.25) is 0 Å². The molecule has 1 fully saturated rings. The highest BCUT2D eigenvalue weighted by Crippen LogP contribution is 2.36. The first-order chi connectivity index (χ1) is 8.85. The van der Waals surface area contributed by atoms with Crippen LogP contribution in [0.5, 0.6) is 0 Å². The first-order valence-electron chi connectivity index (χ1n) is 7.17. The SMILES string of the molecule is CCNC(CCOC)c1ccc(C2CCC2)cc1. The van der Waals surface area contributed by atoms with E-state index in [9.17, 15) is 0 Å². The van der Waals surface area contributed by atoms with Gasteiger partial charge in [-0.25, -0.2) is 0 Å². The lowest BCUT2D eigenvalue weighted by Crippen LogP contribution is -2.22. The number of rotatable bonds is 7. The first kappa shape index (κ1) is 13.6. The van der Waals surface area contributed by atoms with E-state index >= 15 is 0 Å².